The molecule has 180 valence electrons. The lowest BCUT2D eigenvalue weighted by molar-refractivity contribution is -0.102. The molecule has 2 aromatic carbocycles. The van der Waals surface area contributed by atoms with Crippen LogP contribution in [-0.4, -0.2) is 76.6 Å². The van der Waals surface area contributed by atoms with Crippen LogP contribution < -0.4 is 4.90 Å². The third kappa shape index (κ3) is 5.09. The number of rotatable bonds is 6. The van der Waals surface area contributed by atoms with Gasteiger partial charge in [0.15, 0.2) is 12.1 Å². The molecule has 1 aliphatic rings. The normalized spacial score (nSPS) is 14.2. The molecule has 0 atom stereocenters. The van der Waals surface area contributed by atoms with Gasteiger partial charge < -0.3 is 20.0 Å². The van der Waals surface area contributed by atoms with Crippen LogP contribution in [0.2, 0.25) is 0 Å². The monoisotopic (exact) mass is 465 g/mol. The van der Waals surface area contributed by atoms with Gasteiger partial charge in [0.05, 0.1) is 5.56 Å². The van der Waals surface area contributed by atoms with Crippen molar-refractivity contribution >= 4 is 29.6 Å². The molecule has 2 aromatic rings. The third-order valence-corrected chi connectivity index (χ3v) is 6.08. The summed E-state index contributed by atoms with van der Waals surface area (Å²) in [6.07, 6.45) is 0.307. The highest BCUT2D eigenvalue weighted by atomic mass is 16.3. The summed E-state index contributed by atoms with van der Waals surface area (Å²) in [5, 5.41) is 37.2. The Morgan fingerprint density at radius 1 is 1.06 bits per heavy atom. The van der Waals surface area contributed by atoms with Crippen LogP contribution in [0.4, 0.5) is 5.69 Å². The zero-order valence-electron chi connectivity index (χ0n) is 19.7. The van der Waals surface area contributed by atoms with Crippen LogP contribution in [0, 0.1) is 10.8 Å². The first kappa shape index (κ1) is 24.9. The predicted octanol–water partition coefficient (Wildman–Crippen LogP) is 3.01. The number of piperazine rings is 1. The first-order valence-corrected chi connectivity index (χ1v) is 11.3. The largest absolute Gasteiger partial charge is 0.508 e. The van der Waals surface area contributed by atoms with Crippen molar-refractivity contribution in [3.8, 4) is 11.5 Å². The standard InChI is InChI=1S/C25H31N5O4/c1-4-28-9-11-29(12-10-28)25(34)17-5-7-18(8-6-17)30(23(26)15-31)24(27)20-13-19(16(2)3)21(32)14-22(20)33/h5-8,13-16,26-27,32-33H,4,9-12H2,1-3H3. The number of amides is 1. The number of phenolic OH excluding ortho intramolecular Hbond substituents is 2. The average molecular weight is 466 g/mol. The molecule has 0 radical (unpaired) electrons. The van der Waals surface area contributed by atoms with Crippen molar-refractivity contribution in [2.24, 2.45) is 0 Å². The highest BCUT2D eigenvalue weighted by Gasteiger charge is 2.25. The summed E-state index contributed by atoms with van der Waals surface area (Å²) in [4.78, 5) is 29.5. The average Bonchev–Trinajstić information content (AvgIpc) is 2.83. The Bertz CT molecular complexity index is 1090. The summed E-state index contributed by atoms with van der Waals surface area (Å²) in [6, 6.07) is 9.00. The minimum Gasteiger partial charge on any atom is -0.508 e. The van der Waals surface area contributed by atoms with Crippen molar-refractivity contribution in [1.29, 1.82) is 10.8 Å². The van der Waals surface area contributed by atoms with Crippen molar-refractivity contribution in [1.82, 2.24) is 9.80 Å². The molecule has 0 bridgehead atoms. The van der Waals surface area contributed by atoms with E-state index in [4.69, 9.17) is 10.8 Å². The van der Waals surface area contributed by atoms with Gasteiger partial charge in [-0.05, 0) is 48.4 Å². The van der Waals surface area contributed by atoms with Gasteiger partial charge in [0.25, 0.3) is 5.91 Å². The molecule has 9 heteroatoms. The molecule has 1 aliphatic heterocycles. The van der Waals surface area contributed by atoms with Gasteiger partial charge in [0.2, 0.25) is 0 Å². The van der Waals surface area contributed by atoms with E-state index in [0.717, 1.165) is 30.6 Å². The van der Waals surface area contributed by atoms with E-state index in [1.807, 2.05) is 13.8 Å². The van der Waals surface area contributed by atoms with Gasteiger partial charge in [-0.2, -0.15) is 0 Å². The molecular weight excluding hydrogens is 434 g/mol. The summed E-state index contributed by atoms with van der Waals surface area (Å²) in [7, 11) is 0. The fraction of sp³-hybridized carbons (Fsp3) is 0.360. The minimum absolute atomic E-state index is 0.0713. The Balaban J connectivity index is 1.89. The van der Waals surface area contributed by atoms with Crippen molar-refractivity contribution in [3.05, 3.63) is 53.1 Å². The van der Waals surface area contributed by atoms with E-state index in [1.165, 1.54) is 6.07 Å². The van der Waals surface area contributed by atoms with E-state index < -0.39 is 5.84 Å². The number of carbonyl (C=O) groups is 2. The number of nitrogens with zero attached hydrogens (tertiary/aromatic N) is 3. The summed E-state index contributed by atoms with van der Waals surface area (Å²) >= 11 is 0. The third-order valence-electron chi connectivity index (χ3n) is 6.08. The molecule has 0 unspecified atom stereocenters. The van der Waals surface area contributed by atoms with Gasteiger partial charge in [0.1, 0.15) is 17.3 Å². The second kappa shape index (κ2) is 10.5. The molecule has 0 aliphatic carbocycles. The van der Waals surface area contributed by atoms with Gasteiger partial charge in [-0.15, -0.1) is 0 Å². The summed E-state index contributed by atoms with van der Waals surface area (Å²) < 4.78 is 0. The van der Waals surface area contributed by atoms with Gasteiger partial charge in [-0.1, -0.05) is 20.8 Å². The van der Waals surface area contributed by atoms with Crippen LogP contribution in [0.5, 0.6) is 11.5 Å². The molecular formula is C25H31N5O4. The highest BCUT2D eigenvalue weighted by Crippen LogP contribution is 2.33. The first-order chi connectivity index (χ1) is 16.2. The van der Waals surface area contributed by atoms with Crippen LogP contribution in [0.1, 0.15) is 48.2 Å². The summed E-state index contributed by atoms with van der Waals surface area (Å²) in [6.45, 7) is 9.74. The smallest absolute Gasteiger partial charge is 0.253 e. The van der Waals surface area contributed by atoms with Gasteiger partial charge in [-0.3, -0.25) is 25.3 Å². The van der Waals surface area contributed by atoms with Gasteiger partial charge >= 0.3 is 0 Å². The highest BCUT2D eigenvalue weighted by molar-refractivity contribution is 6.41. The minimum atomic E-state index is -0.502. The Morgan fingerprint density at radius 2 is 1.68 bits per heavy atom. The number of carbonyl (C=O) groups excluding carboxylic acids is 2. The van der Waals surface area contributed by atoms with Crippen molar-refractivity contribution < 1.29 is 19.8 Å². The Morgan fingerprint density at radius 3 is 2.21 bits per heavy atom. The molecule has 0 saturated carbocycles. The quantitative estimate of drug-likeness (QED) is 0.295. The molecule has 34 heavy (non-hydrogen) atoms. The Hall–Kier alpha value is -3.72. The lowest BCUT2D eigenvalue weighted by Crippen LogP contribution is -2.48. The van der Waals surface area contributed by atoms with Crippen molar-refractivity contribution in [2.45, 2.75) is 26.7 Å². The predicted molar refractivity (Wildman–Crippen MR) is 131 cm³/mol. The topological polar surface area (TPSA) is 132 Å². The second-order valence-electron chi connectivity index (χ2n) is 8.54. The van der Waals surface area contributed by atoms with Crippen molar-refractivity contribution in [3.63, 3.8) is 0 Å². The number of aromatic hydroxyl groups is 2. The van der Waals surface area contributed by atoms with Crippen LogP contribution in [0.3, 0.4) is 0 Å². The van der Waals surface area contributed by atoms with E-state index >= 15 is 0 Å². The van der Waals surface area contributed by atoms with E-state index in [2.05, 4.69) is 11.8 Å². The molecule has 0 spiro atoms. The van der Waals surface area contributed by atoms with Crippen LogP contribution in [0.25, 0.3) is 0 Å². The maximum atomic E-state index is 12.9. The second-order valence-corrected chi connectivity index (χ2v) is 8.54. The van der Waals surface area contributed by atoms with E-state index in [9.17, 15) is 19.8 Å². The summed E-state index contributed by atoms with van der Waals surface area (Å²) in [5.74, 6) is -1.40. The number of likely N-dealkylation sites (N-methyl/N-ethyl adjacent to an activating group) is 1. The number of hydrogen-bond acceptors (Lipinski definition) is 7. The fourth-order valence-electron chi connectivity index (χ4n) is 4.01. The van der Waals surface area contributed by atoms with Gasteiger partial charge in [0, 0.05) is 43.5 Å². The number of hydrogen-bond donors (Lipinski definition) is 4. The molecule has 4 N–H and O–H groups in total. The molecule has 9 nitrogen and oxygen atoms in total. The Kier molecular flexibility index (Phi) is 7.68. The number of nitrogens with one attached hydrogen (secondary N) is 2. The maximum absolute atomic E-state index is 12.9. The van der Waals surface area contributed by atoms with E-state index in [1.54, 1.807) is 29.2 Å². The molecule has 0 aromatic heterocycles. The maximum Gasteiger partial charge on any atom is 0.253 e. The lowest BCUT2D eigenvalue weighted by atomic mass is 9.98. The molecule has 3 rings (SSSR count). The number of benzene rings is 2. The van der Waals surface area contributed by atoms with Gasteiger partial charge in [-0.25, -0.2) is 0 Å². The summed E-state index contributed by atoms with van der Waals surface area (Å²) in [5.41, 5.74) is 1.40. The zero-order chi connectivity index (χ0) is 25.0. The van der Waals surface area contributed by atoms with Crippen LogP contribution in [0.15, 0.2) is 36.4 Å². The SMILES string of the molecule is CCN1CCN(C(=O)c2ccc(N(C(=N)C=O)C(=N)c3cc(C(C)C)c(O)cc3O)cc2)CC1. The Labute approximate surface area is 199 Å². The lowest BCUT2D eigenvalue weighted by Gasteiger charge is -2.34. The molecule has 1 saturated heterocycles. The molecule has 1 amide bonds. The van der Waals surface area contributed by atoms with E-state index in [-0.39, 0.29) is 34.7 Å². The number of anilines is 1. The zero-order valence-corrected chi connectivity index (χ0v) is 19.7. The number of aldehydes is 1. The van der Waals surface area contributed by atoms with Crippen LogP contribution >= 0.6 is 0 Å². The van der Waals surface area contributed by atoms with Crippen molar-refractivity contribution in [2.75, 3.05) is 37.6 Å². The fourth-order valence-corrected chi connectivity index (χ4v) is 4.01. The van der Waals surface area contributed by atoms with Crippen LogP contribution in [-0.2, 0) is 4.79 Å². The molecule has 1 fully saturated rings. The number of amidine groups is 2. The first-order valence-electron chi connectivity index (χ1n) is 11.3. The molecule has 1 heterocycles. The number of phenols is 2. The van der Waals surface area contributed by atoms with E-state index in [0.29, 0.717) is 36.2 Å².